The SMILES string of the molecule is [B]c1ccccc1S(=O)(=O)N(C)CC1CO1. The van der Waals surface area contributed by atoms with E-state index in [1.807, 2.05) is 0 Å². The quantitative estimate of drug-likeness (QED) is 0.524. The number of nitrogens with zero attached hydrogens (tertiary/aromatic N) is 1. The summed E-state index contributed by atoms with van der Waals surface area (Å²) in [5.74, 6) is 0. The van der Waals surface area contributed by atoms with Gasteiger partial charge in [0.15, 0.2) is 0 Å². The summed E-state index contributed by atoms with van der Waals surface area (Å²) >= 11 is 0. The van der Waals surface area contributed by atoms with Gasteiger partial charge in [0.05, 0.1) is 17.6 Å². The van der Waals surface area contributed by atoms with E-state index < -0.39 is 10.0 Å². The molecular formula is C10H12BNO3S. The lowest BCUT2D eigenvalue weighted by atomic mass is 9.97. The van der Waals surface area contributed by atoms with Crippen molar-refractivity contribution in [1.29, 1.82) is 0 Å². The summed E-state index contributed by atoms with van der Waals surface area (Å²) in [5.41, 5.74) is 0.270. The molecule has 0 aromatic heterocycles. The van der Waals surface area contributed by atoms with Gasteiger partial charge in [-0.05, 0) is 6.07 Å². The fourth-order valence-electron chi connectivity index (χ4n) is 1.44. The first-order valence-electron chi connectivity index (χ1n) is 4.94. The zero-order valence-corrected chi connectivity index (χ0v) is 9.78. The summed E-state index contributed by atoms with van der Waals surface area (Å²) in [7, 11) is 3.69. The van der Waals surface area contributed by atoms with Crippen LogP contribution in [0.4, 0.5) is 0 Å². The highest BCUT2D eigenvalue weighted by atomic mass is 32.2. The van der Waals surface area contributed by atoms with E-state index in [0.717, 1.165) is 0 Å². The molecule has 0 N–H and O–H groups in total. The lowest BCUT2D eigenvalue weighted by Gasteiger charge is -2.17. The first-order chi connectivity index (χ1) is 7.51. The van der Waals surface area contributed by atoms with Gasteiger partial charge in [0.1, 0.15) is 7.85 Å². The van der Waals surface area contributed by atoms with E-state index in [-0.39, 0.29) is 16.5 Å². The third-order valence-electron chi connectivity index (χ3n) is 2.47. The molecule has 16 heavy (non-hydrogen) atoms. The molecule has 0 spiro atoms. The zero-order chi connectivity index (χ0) is 11.8. The third kappa shape index (κ3) is 2.29. The van der Waals surface area contributed by atoms with Crippen LogP contribution >= 0.6 is 0 Å². The molecular weight excluding hydrogens is 225 g/mol. The molecule has 1 atom stereocenters. The maximum absolute atomic E-state index is 12.1. The second-order valence-corrected chi connectivity index (χ2v) is 5.79. The monoisotopic (exact) mass is 237 g/mol. The molecule has 0 saturated carbocycles. The fraction of sp³-hybridized carbons (Fsp3) is 0.400. The van der Waals surface area contributed by atoms with Gasteiger partial charge in [0, 0.05) is 13.6 Å². The molecule has 4 nitrogen and oxygen atoms in total. The number of benzene rings is 1. The Balaban J connectivity index is 2.27. The summed E-state index contributed by atoms with van der Waals surface area (Å²) in [6.45, 7) is 1.00. The Bertz CT molecular complexity index is 485. The van der Waals surface area contributed by atoms with E-state index in [1.54, 1.807) is 18.2 Å². The number of hydrogen-bond donors (Lipinski definition) is 0. The zero-order valence-electron chi connectivity index (χ0n) is 8.96. The van der Waals surface area contributed by atoms with Crippen molar-refractivity contribution in [3.63, 3.8) is 0 Å². The molecule has 1 fully saturated rings. The van der Waals surface area contributed by atoms with Crippen LogP contribution in [0.1, 0.15) is 0 Å². The molecule has 84 valence electrons. The number of likely N-dealkylation sites (N-methyl/N-ethyl adjacent to an activating group) is 1. The molecule has 1 aliphatic rings. The van der Waals surface area contributed by atoms with Gasteiger partial charge in [-0.3, -0.25) is 0 Å². The Labute approximate surface area is 96.7 Å². The number of hydrogen-bond acceptors (Lipinski definition) is 3. The molecule has 0 bridgehead atoms. The van der Waals surface area contributed by atoms with Crippen molar-refractivity contribution >= 4 is 23.3 Å². The maximum Gasteiger partial charge on any atom is 0.242 e. The molecule has 1 aromatic rings. The van der Waals surface area contributed by atoms with Crippen LogP contribution in [0, 0.1) is 0 Å². The van der Waals surface area contributed by atoms with Crippen LogP contribution < -0.4 is 5.46 Å². The predicted molar refractivity (Wildman–Crippen MR) is 61.4 cm³/mol. The second-order valence-electron chi connectivity index (χ2n) is 3.78. The van der Waals surface area contributed by atoms with Crippen molar-refractivity contribution in [2.45, 2.75) is 11.0 Å². The van der Waals surface area contributed by atoms with Crippen LogP contribution in [0.2, 0.25) is 0 Å². The molecule has 0 aliphatic carbocycles. The number of sulfonamides is 1. The third-order valence-corrected chi connectivity index (χ3v) is 4.37. The molecule has 1 aromatic carbocycles. The van der Waals surface area contributed by atoms with Crippen LogP contribution in [0.15, 0.2) is 29.2 Å². The first kappa shape index (κ1) is 11.6. The van der Waals surface area contributed by atoms with Gasteiger partial charge in [0.2, 0.25) is 10.0 Å². The average Bonchev–Trinajstić information content (AvgIpc) is 3.02. The van der Waals surface area contributed by atoms with Crippen molar-refractivity contribution in [3.05, 3.63) is 24.3 Å². The summed E-state index contributed by atoms with van der Waals surface area (Å²) in [6, 6.07) is 6.45. The molecule has 6 heteroatoms. The van der Waals surface area contributed by atoms with Gasteiger partial charge in [-0.1, -0.05) is 23.7 Å². The molecule has 0 amide bonds. The van der Waals surface area contributed by atoms with E-state index in [0.29, 0.717) is 13.2 Å². The topological polar surface area (TPSA) is 49.9 Å². The average molecular weight is 237 g/mol. The van der Waals surface area contributed by atoms with Gasteiger partial charge < -0.3 is 4.74 Å². The van der Waals surface area contributed by atoms with Crippen molar-refractivity contribution in [3.8, 4) is 0 Å². The van der Waals surface area contributed by atoms with Gasteiger partial charge in [-0.2, -0.15) is 4.31 Å². The molecule has 1 heterocycles. The van der Waals surface area contributed by atoms with E-state index >= 15 is 0 Å². The summed E-state index contributed by atoms with van der Waals surface area (Å²) in [5, 5.41) is 0. The molecule has 1 saturated heterocycles. The van der Waals surface area contributed by atoms with E-state index in [2.05, 4.69) is 0 Å². The van der Waals surface area contributed by atoms with Crippen LogP contribution in [-0.4, -0.2) is 46.9 Å². The summed E-state index contributed by atoms with van der Waals surface area (Å²) in [4.78, 5) is 0.151. The highest BCUT2D eigenvalue weighted by molar-refractivity contribution is 7.89. The van der Waals surface area contributed by atoms with Crippen molar-refractivity contribution in [2.75, 3.05) is 20.2 Å². The van der Waals surface area contributed by atoms with E-state index in [4.69, 9.17) is 12.6 Å². The minimum absolute atomic E-state index is 0.0321. The Hall–Kier alpha value is -0.845. The van der Waals surface area contributed by atoms with Crippen molar-refractivity contribution in [2.24, 2.45) is 0 Å². The van der Waals surface area contributed by atoms with E-state index in [9.17, 15) is 8.42 Å². The predicted octanol–water partition coefficient (Wildman–Crippen LogP) is -0.500. The maximum atomic E-state index is 12.1. The number of ether oxygens (including phenoxy) is 1. The fourth-order valence-corrected chi connectivity index (χ4v) is 2.76. The second kappa shape index (κ2) is 4.20. The highest BCUT2D eigenvalue weighted by Gasteiger charge is 2.30. The standard InChI is InChI=1S/C10H12BNO3S/c1-12(6-8-7-15-8)16(13,14)10-5-3-2-4-9(10)11/h2-5,8H,6-7H2,1H3. The van der Waals surface area contributed by atoms with Gasteiger partial charge in [0.25, 0.3) is 0 Å². The van der Waals surface area contributed by atoms with Gasteiger partial charge in [-0.15, -0.1) is 0 Å². The Morgan fingerprint density at radius 2 is 2.12 bits per heavy atom. The van der Waals surface area contributed by atoms with Crippen molar-refractivity contribution in [1.82, 2.24) is 4.31 Å². The first-order valence-corrected chi connectivity index (χ1v) is 6.38. The Morgan fingerprint density at radius 1 is 1.50 bits per heavy atom. The normalized spacial score (nSPS) is 20.0. The lowest BCUT2D eigenvalue weighted by molar-refractivity contribution is 0.359. The Kier molecular flexibility index (Phi) is 3.05. The minimum atomic E-state index is -3.50. The molecule has 1 unspecified atom stereocenters. The van der Waals surface area contributed by atoms with Crippen LogP contribution in [-0.2, 0) is 14.8 Å². The van der Waals surface area contributed by atoms with E-state index in [1.165, 1.54) is 17.4 Å². The number of rotatable bonds is 4. The largest absolute Gasteiger partial charge is 0.372 e. The summed E-state index contributed by atoms with van der Waals surface area (Å²) < 4.78 is 30.5. The highest BCUT2D eigenvalue weighted by Crippen LogP contribution is 2.16. The lowest BCUT2D eigenvalue weighted by Crippen LogP contribution is -2.33. The molecule has 2 rings (SSSR count). The Morgan fingerprint density at radius 3 is 2.69 bits per heavy atom. The molecule has 2 radical (unpaired) electrons. The van der Waals surface area contributed by atoms with Crippen molar-refractivity contribution < 1.29 is 13.2 Å². The van der Waals surface area contributed by atoms with Gasteiger partial charge in [-0.25, -0.2) is 8.42 Å². The minimum Gasteiger partial charge on any atom is -0.372 e. The summed E-state index contributed by atoms with van der Waals surface area (Å²) in [6.07, 6.45) is 0.0321. The van der Waals surface area contributed by atoms with Crippen LogP contribution in [0.3, 0.4) is 0 Å². The smallest absolute Gasteiger partial charge is 0.242 e. The van der Waals surface area contributed by atoms with Crippen LogP contribution in [0.25, 0.3) is 0 Å². The van der Waals surface area contributed by atoms with Crippen LogP contribution in [0.5, 0.6) is 0 Å². The number of epoxide rings is 1. The van der Waals surface area contributed by atoms with Gasteiger partial charge >= 0.3 is 0 Å². The molecule has 1 aliphatic heterocycles.